The predicted molar refractivity (Wildman–Crippen MR) is 110 cm³/mol. The number of alkyl halides is 3. The van der Waals surface area contributed by atoms with Crippen molar-refractivity contribution in [2.45, 2.75) is 11.1 Å². The Morgan fingerprint density at radius 3 is 2.52 bits per heavy atom. The lowest BCUT2D eigenvalue weighted by atomic mass is 10.1. The van der Waals surface area contributed by atoms with Crippen LogP contribution in [0.1, 0.15) is 11.4 Å². The second kappa shape index (κ2) is 8.86. The van der Waals surface area contributed by atoms with Gasteiger partial charge in [-0.2, -0.15) is 18.2 Å². The summed E-state index contributed by atoms with van der Waals surface area (Å²) in [6.45, 7) is 0. The minimum absolute atomic E-state index is 0.0252. The molecule has 0 bridgehead atoms. The van der Waals surface area contributed by atoms with Crippen LogP contribution in [0.25, 0.3) is 11.5 Å². The van der Waals surface area contributed by atoms with Crippen LogP contribution in [-0.4, -0.2) is 41.6 Å². The Labute approximate surface area is 185 Å². The molecule has 3 N–H and O–H groups in total. The predicted octanol–water partition coefficient (Wildman–Crippen LogP) is 3.21. The highest BCUT2D eigenvalue weighted by molar-refractivity contribution is 7.90. The third-order valence-corrected chi connectivity index (χ3v) is 5.26. The zero-order valence-electron chi connectivity index (χ0n) is 16.7. The molecule has 0 aliphatic carbocycles. The van der Waals surface area contributed by atoms with Gasteiger partial charge in [-0.05, 0) is 36.4 Å². The van der Waals surface area contributed by atoms with Gasteiger partial charge in [-0.3, -0.25) is 0 Å². The Kier molecular flexibility index (Phi) is 6.35. The number of aromatic nitrogens is 2. The van der Waals surface area contributed by atoms with Gasteiger partial charge in [-0.25, -0.2) is 18.2 Å². The van der Waals surface area contributed by atoms with E-state index in [1.54, 1.807) is 0 Å². The summed E-state index contributed by atoms with van der Waals surface area (Å²) >= 11 is 0. The van der Waals surface area contributed by atoms with Crippen LogP contribution in [0.3, 0.4) is 0 Å². The monoisotopic (exact) mass is 480 g/mol. The minimum atomic E-state index is -4.73. The molecule has 1 aromatic heterocycles. The maximum atomic E-state index is 13.3. The van der Waals surface area contributed by atoms with Crippen molar-refractivity contribution in [1.29, 1.82) is 0 Å². The van der Waals surface area contributed by atoms with E-state index in [9.17, 15) is 26.4 Å². The quantitative estimate of drug-likeness (QED) is 0.404. The Morgan fingerprint density at radius 2 is 1.88 bits per heavy atom. The molecule has 0 saturated carbocycles. The number of halogens is 3. The van der Waals surface area contributed by atoms with Gasteiger partial charge in [0.15, 0.2) is 9.84 Å². The first-order valence-corrected chi connectivity index (χ1v) is 10.9. The molecule has 0 unspecified atom stereocenters. The van der Waals surface area contributed by atoms with Crippen LogP contribution in [0.4, 0.5) is 18.9 Å². The molecule has 33 heavy (non-hydrogen) atoms. The van der Waals surface area contributed by atoms with E-state index in [1.165, 1.54) is 36.4 Å². The number of carboxylic acid groups (broad SMARTS) is 1. The fraction of sp³-hybridized carbons (Fsp3) is 0.100. The van der Waals surface area contributed by atoms with Gasteiger partial charge in [-0.15, -0.1) is 0 Å². The SMILES string of the molecule is CS(=O)(=O)c1cccc(-c2nc(C(C=C(N)C(=O)O)=Nc3ccccc3C(F)(F)F)no2)c1. The van der Waals surface area contributed by atoms with E-state index < -0.39 is 44.6 Å². The highest BCUT2D eigenvalue weighted by atomic mass is 32.2. The molecule has 3 aromatic rings. The number of carboxylic acids is 1. The number of para-hydroxylation sites is 1. The highest BCUT2D eigenvalue weighted by Gasteiger charge is 2.33. The summed E-state index contributed by atoms with van der Waals surface area (Å²) in [5.41, 5.74) is 2.88. The van der Waals surface area contributed by atoms with E-state index >= 15 is 0 Å². The third-order valence-electron chi connectivity index (χ3n) is 4.15. The van der Waals surface area contributed by atoms with Crippen molar-refractivity contribution in [2.24, 2.45) is 10.7 Å². The molecule has 13 heteroatoms. The van der Waals surface area contributed by atoms with E-state index in [4.69, 9.17) is 15.4 Å². The number of benzene rings is 2. The first kappa shape index (κ1) is 23.7. The summed E-state index contributed by atoms with van der Waals surface area (Å²) in [6.07, 6.45) is -2.94. The van der Waals surface area contributed by atoms with Gasteiger partial charge in [0.1, 0.15) is 11.4 Å². The maximum Gasteiger partial charge on any atom is 0.418 e. The Hall–Kier alpha value is -4.00. The third kappa shape index (κ3) is 5.63. The number of nitrogens with zero attached hydrogens (tertiary/aromatic N) is 3. The standard InChI is InChI=1S/C20H15F3N4O5S/c1-33(30,31)12-6-4-5-11(9-12)18-26-17(27-32-18)16(10-14(24)19(28)29)25-15-8-3-2-7-13(15)20(21,22)23/h2-10H,24H2,1H3,(H,28,29). The molecule has 9 nitrogen and oxygen atoms in total. The van der Waals surface area contributed by atoms with Crippen LogP contribution >= 0.6 is 0 Å². The summed E-state index contributed by atoms with van der Waals surface area (Å²) in [5.74, 6) is -2.08. The molecule has 0 aliphatic rings. The second-order valence-electron chi connectivity index (χ2n) is 6.64. The van der Waals surface area contributed by atoms with Gasteiger partial charge in [0.2, 0.25) is 5.82 Å². The van der Waals surface area contributed by atoms with Crippen molar-refractivity contribution in [3.63, 3.8) is 0 Å². The normalized spacial score (nSPS) is 13.2. The molecule has 0 atom stereocenters. The number of sulfone groups is 1. The van der Waals surface area contributed by atoms with E-state index in [0.717, 1.165) is 24.5 Å². The molecule has 0 aliphatic heterocycles. The van der Waals surface area contributed by atoms with Crippen molar-refractivity contribution < 1.29 is 36.0 Å². The van der Waals surface area contributed by atoms with Crippen LogP contribution < -0.4 is 5.73 Å². The molecule has 3 rings (SSSR count). The number of carbonyl (C=O) groups is 1. The van der Waals surface area contributed by atoms with Crippen LogP contribution in [0.15, 0.2) is 74.7 Å². The molecular weight excluding hydrogens is 465 g/mol. The van der Waals surface area contributed by atoms with Crippen LogP contribution in [0, 0.1) is 0 Å². The molecule has 0 saturated heterocycles. The first-order chi connectivity index (χ1) is 15.4. The lowest BCUT2D eigenvalue weighted by molar-refractivity contribution is -0.137. The fourth-order valence-electron chi connectivity index (χ4n) is 2.60. The van der Waals surface area contributed by atoms with Crippen molar-refractivity contribution in [1.82, 2.24) is 10.1 Å². The molecule has 2 aromatic carbocycles. The molecule has 172 valence electrons. The minimum Gasteiger partial charge on any atom is -0.477 e. The van der Waals surface area contributed by atoms with Crippen molar-refractivity contribution in [3.05, 3.63) is 71.7 Å². The Balaban J connectivity index is 2.14. The Morgan fingerprint density at radius 1 is 1.18 bits per heavy atom. The van der Waals surface area contributed by atoms with Crippen molar-refractivity contribution >= 4 is 27.2 Å². The van der Waals surface area contributed by atoms with Gasteiger partial charge < -0.3 is 15.4 Å². The summed E-state index contributed by atoms with van der Waals surface area (Å²) in [7, 11) is -3.54. The number of nitrogens with two attached hydrogens (primary N) is 1. The van der Waals surface area contributed by atoms with E-state index in [-0.39, 0.29) is 22.2 Å². The smallest absolute Gasteiger partial charge is 0.418 e. The largest absolute Gasteiger partial charge is 0.477 e. The lowest BCUT2D eigenvalue weighted by Crippen LogP contribution is -2.13. The molecule has 0 fully saturated rings. The van der Waals surface area contributed by atoms with Gasteiger partial charge in [0, 0.05) is 11.8 Å². The molecule has 0 spiro atoms. The number of hydrogen-bond donors (Lipinski definition) is 2. The van der Waals surface area contributed by atoms with Gasteiger partial charge in [0.05, 0.1) is 16.1 Å². The fourth-order valence-corrected chi connectivity index (χ4v) is 3.27. The topological polar surface area (TPSA) is 149 Å². The summed E-state index contributed by atoms with van der Waals surface area (Å²) < 4.78 is 68.7. The number of aliphatic imine (C=N–C) groups is 1. The average molecular weight is 480 g/mol. The molecular formula is C20H15F3N4O5S. The average Bonchev–Trinajstić information content (AvgIpc) is 3.22. The zero-order chi connectivity index (χ0) is 24.4. The Bertz CT molecular complexity index is 1380. The van der Waals surface area contributed by atoms with Crippen molar-refractivity contribution in [2.75, 3.05) is 6.26 Å². The second-order valence-corrected chi connectivity index (χ2v) is 8.66. The van der Waals surface area contributed by atoms with Crippen LogP contribution in [0.5, 0.6) is 0 Å². The first-order valence-electron chi connectivity index (χ1n) is 8.96. The molecule has 0 radical (unpaired) electrons. The zero-order valence-corrected chi connectivity index (χ0v) is 17.6. The van der Waals surface area contributed by atoms with Gasteiger partial charge >= 0.3 is 12.1 Å². The molecule has 1 heterocycles. The number of hydrogen-bond acceptors (Lipinski definition) is 8. The lowest BCUT2D eigenvalue weighted by Gasteiger charge is -2.09. The number of rotatable bonds is 6. The summed E-state index contributed by atoms with van der Waals surface area (Å²) in [6, 6.07) is 9.90. The van der Waals surface area contributed by atoms with E-state index in [0.29, 0.717) is 0 Å². The van der Waals surface area contributed by atoms with Crippen molar-refractivity contribution in [3.8, 4) is 11.5 Å². The van der Waals surface area contributed by atoms with Gasteiger partial charge in [-0.1, -0.05) is 23.4 Å². The summed E-state index contributed by atoms with van der Waals surface area (Å²) in [4.78, 5) is 19.0. The van der Waals surface area contributed by atoms with E-state index in [1.807, 2.05) is 0 Å². The maximum absolute atomic E-state index is 13.3. The molecule has 0 amide bonds. The summed E-state index contributed by atoms with van der Waals surface area (Å²) in [5, 5.41) is 12.7. The van der Waals surface area contributed by atoms with Crippen LogP contribution in [-0.2, 0) is 20.8 Å². The highest BCUT2D eigenvalue weighted by Crippen LogP contribution is 2.36. The van der Waals surface area contributed by atoms with E-state index in [2.05, 4.69) is 15.1 Å². The van der Waals surface area contributed by atoms with Gasteiger partial charge in [0.25, 0.3) is 5.89 Å². The van der Waals surface area contributed by atoms with Crippen LogP contribution in [0.2, 0.25) is 0 Å². The number of allylic oxidation sites excluding steroid dienone is 1. The number of aliphatic carboxylic acids is 1.